The van der Waals surface area contributed by atoms with Crippen molar-refractivity contribution in [3.05, 3.63) is 40.4 Å². The molecule has 1 aromatic heterocycles. The second-order valence-corrected chi connectivity index (χ2v) is 26.5. The molecule has 1 aromatic carbocycles. The Morgan fingerprint density at radius 2 is 0.822 bits per heavy atom. The number of carbonyl (C=O) groups excluding carboxylic acids is 3. The quantitative estimate of drug-likeness (QED) is 0.0497. The van der Waals surface area contributed by atoms with Crippen molar-refractivity contribution in [1.29, 1.82) is 0 Å². The standard InChI is InChI=1S/C77H135N3O10/c1-7-11-14-17-20-23-26-29-32-35-38-41-44-47-50-53-60-86-68-63-66(75(83)78-70-58-59-80(77(84)79-70)76-74(85-6)73(67(10-4)89-76)90-71(82)57-56-65(5)81)64-69(87-61-54-51-48-45-42-39-36-33-30-27-24-21-18-15-12-8-2)72(68)88-62-55-52-49-46-43-40-37-34-31-28-25-22-19-16-13-9-3/h58-59,63-64,67,73-74,76H,7-57,60-62H2,1-6H3,(H,78,79,83,84)/t67-,73?,74+,76-/m1/s1. The molecule has 518 valence electrons. The van der Waals surface area contributed by atoms with Crippen molar-refractivity contribution in [2.24, 2.45) is 0 Å². The maximum atomic E-state index is 14.4. The SMILES string of the molecule is CCCCCCCCCCCCCCCCCCOc1cc(C(=O)Nc2ccn([C@@H]3O[C@H](CC)C(OC(=O)CCC(C)=O)[C@@H]3OC)c(=O)n2)cc(OCCCCCCCCCCCCCCCCCC)c1OCCCCCCCCCCCCCCCCCC. The van der Waals surface area contributed by atoms with Gasteiger partial charge in [0.15, 0.2) is 23.8 Å². The second kappa shape index (κ2) is 55.5. The van der Waals surface area contributed by atoms with Crippen LogP contribution < -0.4 is 25.2 Å². The first-order chi connectivity index (χ1) is 44.2. The van der Waals surface area contributed by atoms with Crippen LogP contribution >= 0.6 is 0 Å². The third-order valence-electron chi connectivity index (χ3n) is 18.3. The van der Waals surface area contributed by atoms with E-state index in [1.165, 1.54) is 294 Å². The fourth-order valence-electron chi connectivity index (χ4n) is 12.6. The summed E-state index contributed by atoms with van der Waals surface area (Å²) >= 11 is 0. The van der Waals surface area contributed by atoms with Gasteiger partial charge in [0.1, 0.15) is 17.7 Å². The Balaban J connectivity index is 1.69. The van der Waals surface area contributed by atoms with Gasteiger partial charge in [-0.1, -0.05) is 317 Å². The second-order valence-electron chi connectivity index (χ2n) is 26.5. The van der Waals surface area contributed by atoms with Crippen molar-refractivity contribution in [1.82, 2.24) is 9.55 Å². The Kier molecular flexibility index (Phi) is 49.5. The average molecular weight is 1260 g/mol. The van der Waals surface area contributed by atoms with E-state index in [9.17, 15) is 19.2 Å². The number of nitrogens with zero attached hydrogens (tertiary/aromatic N) is 2. The first-order valence-electron chi connectivity index (χ1n) is 38.0. The summed E-state index contributed by atoms with van der Waals surface area (Å²) in [6.07, 6.45) is 61.0. The van der Waals surface area contributed by atoms with Gasteiger partial charge in [-0.2, -0.15) is 4.98 Å². The molecule has 0 radical (unpaired) electrons. The van der Waals surface area contributed by atoms with Crippen LogP contribution in [0.3, 0.4) is 0 Å². The Bertz CT molecular complexity index is 2070. The molecule has 0 bridgehead atoms. The van der Waals surface area contributed by atoms with Crippen molar-refractivity contribution in [2.45, 2.75) is 387 Å². The summed E-state index contributed by atoms with van der Waals surface area (Å²) in [5.74, 6) is 0.438. The summed E-state index contributed by atoms with van der Waals surface area (Å²) in [5, 5.41) is 2.86. The molecular weight excluding hydrogens is 1130 g/mol. The van der Waals surface area contributed by atoms with E-state index >= 15 is 0 Å². The summed E-state index contributed by atoms with van der Waals surface area (Å²) in [4.78, 5) is 56.7. The summed E-state index contributed by atoms with van der Waals surface area (Å²) < 4.78 is 39.0. The van der Waals surface area contributed by atoms with Crippen LogP contribution in [-0.4, -0.2) is 72.5 Å². The van der Waals surface area contributed by atoms with E-state index in [0.717, 1.165) is 38.5 Å². The molecule has 0 spiro atoms. The molecule has 1 aliphatic rings. The zero-order chi connectivity index (χ0) is 64.8. The highest BCUT2D eigenvalue weighted by Crippen LogP contribution is 2.40. The molecule has 3 rings (SSSR count). The van der Waals surface area contributed by atoms with E-state index in [1.54, 1.807) is 18.2 Å². The van der Waals surface area contributed by atoms with E-state index in [0.29, 0.717) is 49.1 Å². The molecule has 1 saturated heterocycles. The maximum Gasteiger partial charge on any atom is 0.351 e. The Hall–Kier alpha value is -3.97. The van der Waals surface area contributed by atoms with Gasteiger partial charge in [-0.05, 0) is 50.8 Å². The number of ether oxygens (including phenoxy) is 6. The van der Waals surface area contributed by atoms with Crippen LogP contribution in [0.2, 0.25) is 0 Å². The molecule has 2 aromatic rings. The number of carbonyl (C=O) groups is 3. The lowest BCUT2D eigenvalue weighted by molar-refractivity contribution is -0.157. The number of anilines is 1. The fraction of sp³-hybridized carbons (Fsp3) is 0.831. The summed E-state index contributed by atoms with van der Waals surface area (Å²) in [5.41, 5.74) is -0.375. The summed E-state index contributed by atoms with van der Waals surface area (Å²) in [6.45, 7) is 11.7. The Labute approximate surface area is 549 Å². The molecule has 1 aliphatic heterocycles. The van der Waals surface area contributed by atoms with Gasteiger partial charge in [0.05, 0.1) is 32.3 Å². The van der Waals surface area contributed by atoms with Gasteiger partial charge in [-0.3, -0.25) is 14.2 Å². The van der Waals surface area contributed by atoms with Crippen LogP contribution in [0, 0.1) is 0 Å². The predicted octanol–water partition coefficient (Wildman–Crippen LogP) is 22.0. The predicted molar refractivity (Wildman–Crippen MR) is 373 cm³/mol. The van der Waals surface area contributed by atoms with Crippen LogP contribution in [0.15, 0.2) is 29.2 Å². The van der Waals surface area contributed by atoms with Crippen LogP contribution in [0.4, 0.5) is 5.82 Å². The number of rotatable bonds is 63. The summed E-state index contributed by atoms with van der Waals surface area (Å²) in [6, 6.07) is 5.03. The number of Topliss-reactive ketones (excluding diaryl/α,β-unsaturated/α-hetero) is 1. The number of ketones is 1. The van der Waals surface area contributed by atoms with Gasteiger partial charge >= 0.3 is 11.7 Å². The van der Waals surface area contributed by atoms with Gasteiger partial charge in [-0.15, -0.1) is 0 Å². The minimum Gasteiger partial charge on any atom is -0.490 e. The molecule has 4 atom stereocenters. The van der Waals surface area contributed by atoms with Crippen molar-refractivity contribution in [2.75, 3.05) is 32.2 Å². The molecule has 1 unspecified atom stereocenters. The average Bonchev–Trinajstić information content (AvgIpc) is 1.71. The van der Waals surface area contributed by atoms with Crippen molar-refractivity contribution >= 4 is 23.5 Å². The summed E-state index contributed by atoms with van der Waals surface area (Å²) in [7, 11) is 1.47. The molecule has 1 fully saturated rings. The van der Waals surface area contributed by atoms with Crippen molar-refractivity contribution < 1.29 is 42.8 Å². The fourth-order valence-corrected chi connectivity index (χ4v) is 12.6. The zero-order valence-electron chi connectivity index (χ0n) is 58.8. The number of hydrogen-bond acceptors (Lipinski definition) is 11. The highest BCUT2D eigenvalue weighted by Gasteiger charge is 2.48. The van der Waals surface area contributed by atoms with Gasteiger partial charge < -0.3 is 38.5 Å². The number of esters is 1. The maximum absolute atomic E-state index is 14.4. The first-order valence-corrected chi connectivity index (χ1v) is 38.0. The molecular formula is C77H135N3O10. The van der Waals surface area contributed by atoms with Crippen LogP contribution in [0.25, 0.3) is 0 Å². The van der Waals surface area contributed by atoms with Gasteiger partial charge in [0.25, 0.3) is 5.91 Å². The molecule has 13 nitrogen and oxygen atoms in total. The van der Waals surface area contributed by atoms with Crippen LogP contribution in [0.5, 0.6) is 17.2 Å². The minimum absolute atomic E-state index is 0.0579. The van der Waals surface area contributed by atoms with Crippen molar-refractivity contribution in [3.8, 4) is 17.2 Å². The number of nitrogens with one attached hydrogen (secondary N) is 1. The van der Waals surface area contributed by atoms with E-state index < -0.39 is 42.1 Å². The lowest BCUT2D eigenvalue weighted by Gasteiger charge is -2.23. The van der Waals surface area contributed by atoms with E-state index in [4.69, 9.17) is 28.4 Å². The minimum atomic E-state index is -0.953. The molecule has 0 aliphatic carbocycles. The van der Waals surface area contributed by atoms with Gasteiger partial charge in [0.2, 0.25) is 5.75 Å². The molecule has 2 heterocycles. The van der Waals surface area contributed by atoms with Gasteiger partial charge in [-0.25, -0.2) is 4.79 Å². The monoisotopic (exact) mass is 1260 g/mol. The molecule has 1 N–H and O–H groups in total. The Morgan fingerprint density at radius 3 is 1.14 bits per heavy atom. The number of hydrogen-bond donors (Lipinski definition) is 1. The van der Waals surface area contributed by atoms with Gasteiger partial charge in [0, 0.05) is 25.3 Å². The number of aromatic nitrogens is 2. The number of amides is 1. The molecule has 13 heteroatoms. The van der Waals surface area contributed by atoms with E-state index in [1.807, 2.05) is 6.92 Å². The third kappa shape index (κ3) is 38.3. The molecule has 0 saturated carbocycles. The van der Waals surface area contributed by atoms with E-state index in [-0.39, 0.29) is 24.4 Å². The number of unbranched alkanes of at least 4 members (excludes halogenated alkanes) is 45. The smallest absolute Gasteiger partial charge is 0.351 e. The topological polar surface area (TPSA) is 154 Å². The van der Waals surface area contributed by atoms with Crippen LogP contribution in [0.1, 0.15) is 379 Å². The molecule has 90 heavy (non-hydrogen) atoms. The highest BCUT2D eigenvalue weighted by molar-refractivity contribution is 6.04. The first kappa shape index (κ1) is 80.3. The number of methoxy groups -OCH3 is 1. The largest absolute Gasteiger partial charge is 0.490 e. The van der Waals surface area contributed by atoms with E-state index in [2.05, 4.69) is 31.1 Å². The lowest BCUT2D eigenvalue weighted by atomic mass is 10.0. The van der Waals surface area contributed by atoms with Crippen LogP contribution in [-0.2, 0) is 23.8 Å². The van der Waals surface area contributed by atoms with Crippen molar-refractivity contribution in [3.63, 3.8) is 0 Å². The Morgan fingerprint density at radius 1 is 0.478 bits per heavy atom. The highest BCUT2D eigenvalue weighted by atomic mass is 16.6. The third-order valence-corrected chi connectivity index (χ3v) is 18.3. The lowest BCUT2D eigenvalue weighted by Crippen LogP contribution is -2.39. The number of benzene rings is 1. The normalized spacial score (nSPS) is 15.6. The zero-order valence-corrected chi connectivity index (χ0v) is 58.8. The molecule has 1 amide bonds.